The van der Waals surface area contributed by atoms with E-state index >= 15 is 0 Å². The van der Waals surface area contributed by atoms with Crippen molar-refractivity contribution in [3.63, 3.8) is 0 Å². The molecule has 1 saturated carbocycles. The zero-order valence-corrected chi connectivity index (χ0v) is 9.40. The molecule has 2 rings (SSSR count). The Hall–Kier alpha value is -0.330. The molecular weight excluding hydrogens is 218 g/mol. The molecule has 0 unspecified atom stereocenters. The molecule has 14 heavy (non-hydrogen) atoms. The Kier molecular flexibility index (Phi) is 3.61. The van der Waals surface area contributed by atoms with Gasteiger partial charge < -0.3 is 10.4 Å². The molecule has 78 valence electrons. The minimum atomic E-state index is 0.249. The highest BCUT2D eigenvalue weighted by atomic mass is 32.2. The largest absolute Gasteiger partial charge is 0.396 e. The number of aliphatic hydroxyl groups excluding tert-OH is 1. The summed E-state index contributed by atoms with van der Waals surface area (Å²) in [6.45, 7) is 0.249. The fraction of sp³-hybridized carbons (Fsp3) is 0.750. The van der Waals surface area contributed by atoms with Crippen molar-refractivity contribution in [3.05, 3.63) is 0 Å². The summed E-state index contributed by atoms with van der Waals surface area (Å²) in [4.78, 5) is 0. The van der Waals surface area contributed by atoms with E-state index in [1.54, 1.807) is 23.1 Å². The van der Waals surface area contributed by atoms with Crippen LogP contribution in [0.2, 0.25) is 0 Å². The summed E-state index contributed by atoms with van der Waals surface area (Å²) < 4.78 is 0.988. The highest BCUT2D eigenvalue weighted by Crippen LogP contribution is 2.30. The Bertz CT molecular complexity index is 288. The van der Waals surface area contributed by atoms with Crippen LogP contribution >= 0.6 is 23.1 Å². The molecule has 0 amide bonds. The van der Waals surface area contributed by atoms with Gasteiger partial charge in [-0.25, -0.2) is 0 Å². The van der Waals surface area contributed by atoms with E-state index in [1.807, 2.05) is 0 Å². The van der Waals surface area contributed by atoms with Crippen molar-refractivity contribution in [1.29, 1.82) is 0 Å². The Morgan fingerprint density at radius 2 is 2.36 bits per heavy atom. The number of thioether (sulfide) groups is 1. The Labute approximate surface area is 91.1 Å². The van der Waals surface area contributed by atoms with Crippen molar-refractivity contribution in [2.45, 2.75) is 29.6 Å². The van der Waals surface area contributed by atoms with Crippen LogP contribution < -0.4 is 5.32 Å². The highest BCUT2D eigenvalue weighted by Gasteiger charge is 2.22. The first-order valence-electron chi connectivity index (χ1n) is 4.72. The summed E-state index contributed by atoms with van der Waals surface area (Å²) in [5, 5.41) is 21.0. The first kappa shape index (κ1) is 10.2. The van der Waals surface area contributed by atoms with Gasteiger partial charge in [0.05, 0.1) is 0 Å². The van der Waals surface area contributed by atoms with E-state index in [2.05, 4.69) is 15.5 Å². The van der Waals surface area contributed by atoms with Gasteiger partial charge in [-0.15, -0.1) is 10.2 Å². The molecule has 2 N–H and O–H groups in total. The van der Waals surface area contributed by atoms with Crippen LogP contribution in [0.5, 0.6) is 0 Å². The third-order valence-corrected chi connectivity index (χ3v) is 3.91. The average Bonchev–Trinajstić information content (AvgIpc) is 2.87. The molecular formula is C8H13N3OS2. The number of aromatic nitrogens is 2. The number of rotatable bonds is 6. The molecule has 0 spiro atoms. The standard InChI is InChI=1S/C8H13N3OS2/c12-4-1-5-13-8-11-10-7(14-8)9-6-2-3-6/h6,12H,1-5H2,(H,9,10). The van der Waals surface area contributed by atoms with Crippen LogP contribution in [-0.2, 0) is 0 Å². The number of hydrogen-bond donors (Lipinski definition) is 2. The van der Waals surface area contributed by atoms with Gasteiger partial charge in [0.1, 0.15) is 0 Å². The maximum atomic E-state index is 8.62. The number of anilines is 1. The molecule has 1 aliphatic carbocycles. The summed E-state index contributed by atoms with van der Waals surface area (Å²) in [5.74, 6) is 0.911. The van der Waals surface area contributed by atoms with Gasteiger partial charge in [0.25, 0.3) is 0 Å². The van der Waals surface area contributed by atoms with E-state index in [9.17, 15) is 0 Å². The third-order valence-electron chi connectivity index (χ3n) is 1.84. The molecule has 0 aromatic carbocycles. The van der Waals surface area contributed by atoms with Gasteiger partial charge in [0, 0.05) is 18.4 Å². The van der Waals surface area contributed by atoms with E-state index in [0.717, 1.165) is 21.6 Å². The first-order chi connectivity index (χ1) is 6.88. The maximum Gasteiger partial charge on any atom is 0.206 e. The maximum absolute atomic E-state index is 8.62. The lowest BCUT2D eigenvalue weighted by Gasteiger charge is -1.94. The fourth-order valence-corrected chi connectivity index (χ4v) is 2.78. The normalized spacial score (nSPS) is 15.8. The van der Waals surface area contributed by atoms with E-state index in [4.69, 9.17) is 5.11 Å². The lowest BCUT2D eigenvalue weighted by Crippen LogP contribution is -1.99. The smallest absolute Gasteiger partial charge is 0.206 e. The molecule has 1 aromatic rings. The fourth-order valence-electron chi connectivity index (χ4n) is 0.953. The zero-order chi connectivity index (χ0) is 9.80. The summed E-state index contributed by atoms with van der Waals surface area (Å²) in [6, 6.07) is 0.637. The van der Waals surface area contributed by atoms with Gasteiger partial charge >= 0.3 is 0 Å². The predicted molar refractivity (Wildman–Crippen MR) is 59.0 cm³/mol. The summed E-state index contributed by atoms with van der Waals surface area (Å²) in [5.41, 5.74) is 0. The number of nitrogens with one attached hydrogen (secondary N) is 1. The minimum absolute atomic E-state index is 0.249. The van der Waals surface area contributed by atoms with Crippen molar-refractivity contribution in [2.24, 2.45) is 0 Å². The topological polar surface area (TPSA) is 58.0 Å². The predicted octanol–water partition coefficient (Wildman–Crippen LogP) is 1.59. The van der Waals surface area contributed by atoms with Crippen LogP contribution in [0.25, 0.3) is 0 Å². The van der Waals surface area contributed by atoms with Crippen molar-refractivity contribution < 1.29 is 5.11 Å². The highest BCUT2D eigenvalue weighted by molar-refractivity contribution is 8.01. The van der Waals surface area contributed by atoms with Crippen molar-refractivity contribution in [2.75, 3.05) is 17.7 Å². The molecule has 0 saturated heterocycles. The number of nitrogens with zero attached hydrogens (tertiary/aromatic N) is 2. The van der Waals surface area contributed by atoms with E-state index in [0.29, 0.717) is 6.04 Å². The van der Waals surface area contributed by atoms with Gasteiger partial charge in [0.2, 0.25) is 5.13 Å². The number of hydrogen-bond acceptors (Lipinski definition) is 6. The molecule has 1 aliphatic rings. The van der Waals surface area contributed by atoms with Gasteiger partial charge in [0.15, 0.2) is 4.34 Å². The second-order valence-corrected chi connectivity index (χ2v) is 5.54. The minimum Gasteiger partial charge on any atom is -0.396 e. The lowest BCUT2D eigenvalue weighted by atomic mass is 10.5. The second-order valence-electron chi connectivity index (χ2n) is 3.22. The summed E-state index contributed by atoms with van der Waals surface area (Å²) in [7, 11) is 0. The quantitative estimate of drug-likeness (QED) is 0.575. The molecule has 1 fully saturated rings. The van der Waals surface area contributed by atoms with Crippen LogP contribution in [0, 0.1) is 0 Å². The average molecular weight is 231 g/mol. The molecule has 6 heteroatoms. The Morgan fingerprint density at radius 1 is 1.50 bits per heavy atom. The monoisotopic (exact) mass is 231 g/mol. The Balaban J connectivity index is 1.76. The molecule has 0 atom stereocenters. The van der Waals surface area contributed by atoms with E-state index in [-0.39, 0.29) is 6.61 Å². The van der Waals surface area contributed by atoms with E-state index in [1.165, 1.54) is 12.8 Å². The first-order valence-corrected chi connectivity index (χ1v) is 6.52. The van der Waals surface area contributed by atoms with E-state index < -0.39 is 0 Å². The lowest BCUT2D eigenvalue weighted by molar-refractivity contribution is 0.296. The summed E-state index contributed by atoms with van der Waals surface area (Å²) in [6.07, 6.45) is 3.33. The van der Waals surface area contributed by atoms with Crippen LogP contribution in [0.1, 0.15) is 19.3 Å². The van der Waals surface area contributed by atoms with Crippen LogP contribution in [-0.4, -0.2) is 33.7 Å². The number of aliphatic hydroxyl groups is 1. The summed E-state index contributed by atoms with van der Waals surface area (Å²) >= 11 is 3.26. The van der Waals surface area contributed by atoms with Gasteiger partial charge in [-0.2, -0.15) is 0 Å². The zero-order valence-electron chi connectivity index (χ0n) is 7.77. The SMILES string of the molecule is OCCCSc1nnc(NC2CC2)s1. The second kappa shape index (κ2) is 4.95. The third kappa shape index (κ3) is 3.11. The Morgan fingerprint density at radius 3 is 3.07 bits per heavy atom. The van der Waals surface area contributed by atoms with Crippen molar-refractivity contribution in [1.82, 2.24) is 10.2 Å². The van der Waals surface area contributed by atoms with Gasteiger partial charge in [-0.1, -0.05) is 23.1 Å². The van der Waals surface area contributed by atoms with Crippen LogP contribution in [0.15, 0.2) is 4.34 Å². The van der Waals surface area contributed by atoms with Crippen molar-refractivity contribution >= 4 is 28.2 Å². The molecule has 0 bridgehead atoms. The van der Waals surface area contributed by atoms with Crippen LogP contribution in [0.3, 0.4) is 0 Å². The molecule has 0 aliphatic heterocycles. The van der Waals surface area contributed by atoms with Crippen LogP contribution in [0.4, 0.5) is 5.13 Å². The molecule has 4 nitrogen and oxygen atoms in total. The van der Waals surface area contributed by atoms with Crippen molar-refractivity contribution in [3.8, 4) is 0 Å². The molecule has 1 aromatic heterocycles. The van der Waals surface area contributed by atoms with Gasteiger partial charge in [-0.05, 0) is 19.3 Å². The van der Waals surface area contributed by atoms with Gasteiger partial charge in [-0.3, -0.25) is 0 Å². The molecule has 0 radical (unpaired) electrons. The molecule has 1 heterocycles.